The first-order valence-corrected chi connectivity index (χ1v) is 9.45. The fraction of sp³-hybridized carbons (Fsp3) is 0.333. The quantitative estimate of drug-likeness (QED) is 0.647. The van der Waals surface area contributed by atoms with Crippen LogP contribution in [0.2, 0.25) is 0 Å². The van der Waals surface area contributed by atoms with Gasteiger partial charge in [0.25, 0.3) is 0 Å². The highest BCUT2D eigenvalue weighted by atomic mass is 32.1. The van der Waals surface area contributed by atoms with E-state index in [2.05, 4.69) is 20.4 Å². The summed E-state index contributed by atoms with van der Waals surface area (Å²) in [4.78, 5) is 32.1. The van der Waals surface area contributed by atoms with Crippen LogP contribution in [0.3, 0.4) is 0 Å². The van der Waals surface area contributed by atoms with Gasteiger partial charge in [0.15, 0.2) is 11.3 Å². The van der Waals surface area contributed by atoms with E-state index in [1.165, 1.54) is 15.9 Å². The maximum absolute atomic E-state index is 11.9. The molecule has 0 bridgehead atoms. The van der Waals surface area contributed by atoms with Crippen LogP contribution < -0.4 is 5.32 Å². The second-order valence-electron chi connectivity index (χ2n) is 7.15. The van der Waals surface area contributed by atoms with E-state index in [0.717, 1.165) is 0 Å². The molecule has 1 atom stereocenters. The molecule has 3 heterocycles. The molecule has 150 valence electrons. The van der Waals surface area contributed by atoms with Crippen LogP contribution >= 0.6 is 11.3 Å². The minimum absolute atomic E-state index is 0.00919. The number of aromatic nitrogens is 4. The number of carbonyl (C=O) groups excluding carboxylic acids is 1. The van der Waals surface area contributed by atoms with E-state index in [1.807, 2.05) is 6.07 Å². The number of ether oxygens (including phenoxy) is 1. The highest BCUT2D eigenvalue weighted by Gasteiger charge is 2.25. The molecule has 10 nitrogen and oxygen atoms in total. The van der Waals surface area contributed by atoms with Crippen LogP contribution in [0.1, 0.15) is 31.5 Å². The van der Waals surface area contributed by atoms with Gasteiger partial charge < -0.3 is 15.2 Å². The molecule has 3 aromatic rings. The van der Waals surface area contributed by atoms with Crippen LogP contribution in [-0.2, 0) is 16.0 Å². The lowest BCUT2D eigenvalue weighted by Crippen LogP contribution is -2.44. The van der Waals surface area contributed by atoms with Gasteiger partial charge in [0, 0.05) is 35.8 Å². The highest BCUT2D eigenvalue weighted by Crippen LogP contribution is 2.22. The fourth-order valence-electron chi connectivity index (χ4n) is 2.43. The van der Waals surface area contributed by atoms with E-state index >= 15 is 0 Å². The average Bonchev–Trinajstić information content (AvgIpc) is 3.25. The lowest BCUT2D eigenvalue weighted by atomic mass is 10.2. The highest BCUT2D eigenvalue weighted by molar-refractivity contribution is 7.10. The maximum Gasteiger partial charge on any atom is 0.408 e. The van der Waals surface area contributed by atoms with Gasteiger partial charge in [-0.2, -0.15) is 10.4 Å². The van der Waals surface area contributed by atoms with E-state index in [0.29, 0.717) is 21.9 Å². The monoisotopic (exact) mass is 414 g/mol. The molecule has 0 saturated heterocycles. The van der Waals surface area contributed by atoms with Crippen LogP contribution in [0.4, 0.5) is 4.79 Å². The Hall–Kier alpha value is -3.52. The maximum atomic E-state index is 11.9. The number of nitrogens with one attached hydrogen (secondary N) is 1. The molecule has 0 aliphatic rings. The average molecular weight is 414 g/mol. The molecule has 3 rings (SSSR count). The van der Waals surface area contributed by atoms with E-state index in [-0.39, 0.29) is 12.1 Å². The molecule has 0 aliphatic carbocycles. The Kier molecular flexibility index (Phi) is 5.47. The molecule has 2 N–H and O–H groups in total. The zero-order valence-corrected chi connectivity index (χ0v) is 16.7. The summed E-state index contributed by atoms with van der Waals surface area (Å²) in [7, 11) is 0. The zero-order chi connectivity index (χ0) is 21.2. The van der Waals surface area contributed by atoms with Crippen molar-refractivity contribution < 1.29 is 19.4 Å². The first-order chi connectivity index (χ1) is 13.6. The van der Waals surface area contributed by atoms with E-state index in [4.69, 9.17) is 10.00 Å². The fourth-order valence-corrected chi connectivity index (χ4v) is 3.28. The number of nitriles is 1. The van der Waals surface area contributed by atoms with Crippen LogP contribution in [0, 0.1) is 11.3 Å². The minimum atomic E-state index is -1.18. The molecular weight excluding hydrogens is 396 g/mol. The summed E-state index contributed by atoms with van der Waals surface area (Å²) >= 11 is 1.27. The lowest BCUT2D eigenvalue weighted by Gasteiger charge is -2.21. The first-order valence-electron chi connectivity index (χ1n) is 8.57. The summed E-state index contributed by atoms with van der Waals surface area (Å²) in [6, 6.07) is 2.35. The topological polar surface area (TPSA) is 142 Å². The number of amides is 1. The van der Waals surface area contributed by atoms with Crippen molar-refractivity contribution in [2.75, 3.05) is 0 Å². The third-order valence-corrected chi connectivity index (χ3v) is 4.51. The first kappa shape index (κ1) is 20.2. The van der Waals surface area contributed by atoms with E-state index in [9.17, 15) is 14.7 Å². The summed E-state index contributed by atoms with van der Waals surface area (Å²) in [6.07, 6.45) is 2.50. The van der Waals surface area contributed by atoms with Gasteiger partial charge in [0.2, 0.25) is 0 Å². The molecule has 0 fully saturated rings. The van der Waals surface area contributed by atoms with Crippen molar-refractivity contribution in [2.24, 2.45) is 0 Å². The van der Waals surface area contributed by atoms with Crippen molar-refractivity contribution in [2.45, 2.75) is 38.8 Å². The van der Waals surface area contributed by atoms with Gasteiger partial charge in [-0.25, -0.2) is 24.1 Å². The number of carboxylic acid groups (broad SMARTS) is 1. The van der Waals surface area contributed by atoms with Gasteiger partial charge in [-0.3, -0.25) is 0 Å². The third kappa shape index (κ3) is 5.05. The Morgan fingerprint density at radius 3 is 2.86 bits per heavy atom. The van der Waals surface area contributed by atoms with Gasteiger partial charge in [0.05, 0.1) is 10.7 Å². The number of thiazole rings is 1. The molecule has 1 amide bonds. The zero-order valence-electron chi connectivity index (χ0n) is 15.9. The number of alkyl carbamates (subject to hydrolysis) is 1. The van der Waals surface area contributed by atoms with Crippen molar-refractivity contribution in [1.29, 1.82) is 5.26 Å². The van der Waals surface area contributed by atoms with Crippen LogP contribution in [0.5, 0.6) is 0 Å². The Morgan fingerprint density at radius 1 is 1.45 bits per heavy atom. The molecule has 1 unspecified atom stereocenters. The SMILES string of the molecule is CC(C)(C)OC(=O)NC(Cc1nc(-c2cnc3cc(C#N)nn3c2)cs1)C(=O)O. The number of fused-ring (bicyclic) bond motifs is 1. The Balaban J connectivity index is 1.75. The third-order valence-electron chi connectivity index (χ3n) is 3.64. The smallest absolute Gasteiger partial charge is 0.408 e. The largest absolute Gasteiger partial charge is 0.480 e. The molecule has 0 aromatic carbocycles. The second kappa shape index (κ2) is 7.84. The van der Waals surface area contributed by atoms with Crippen LogP contribution in [0.25, 0.3) is 16.9 Å². The number of hydrogen-bond donors (Lipinski definition) is 2. The Bertz CT molecular complexity index is 1110. The molecule has 29 heavy (non-hydrogen) atoms. The number of carboxylic acids is 1. The number of rotatable bonds is 5. The number of nitrogens with zero attached hydrogens (tertiary/aromatic N) is 5. The molecule has 0 saturated carbocycles. The predicted molar refractivity (Wildman–Crippen MR) is 103 cm³/mol. The van der Waals surface area contributed by atoms with Crippen LogP contribution in [0.15, 0.2) is 23.8 Å². The summed E-state index contributed by atoms with van der Waals surface area (Å²) in [5, 5.41) is 27.1. The number of hydrogen-bond acceptors (Lipinski definition) is 8. The van der Waals surface area contributed by atoms with Gasteiger partial charge in [0.1, 0.15) is 17.7 Å². The summed E-state index contributed by atoms with van der Waals surface area (Å²) in [5.41, 5.74) is 1.32. The van der Waals surface area contributed by atoms with E-state index < -0.39 is 23.7 Å². The van der Waals surface area contributed by atoms with Crippen LogP contribution in [-0.4, -0.2) is 48.4 Å². The van der Waals surface area contributed by atoms with Crippen molar-refractivity contribution >= 4 is 29.0 Å². The van der Waals surface area contributed by atoms with Crippen molar-refractivity contribution in [3.8, 4) is 17.3 Å². The van der Waals surface area contributed by atoms with Crippen molar-refractivity contribution in [3.63, 3.8) is 0 Å². The number of carbonyl (C=O) groups is 2. The normalized spacial score (nSPS) is 12.3. The predicted octanol–water partition coefficient (Wildman–Crippen LogP) is 2.24. The summed E-state index contributed by atoms with van der Waals surface area (Å²) in [6.45, 7) is 5.08. The summed E-state index contributed by atoms with van der Waals surface area (Å²) in [5.74, 6) is -1.18. The standard InChI is InChI=1S/C18H18N6O4S/c1-18(2,3)28-17(27)22-12(16(25)26)5-15-21-13(9-29-15)10-7-20-14-4-11(6-19)23-24(14)8-10/h4,7-9,12H,5H2,1-3H3,(H,22,27)(H,25,26). The molecule has 3 aromatic heterocycles. The van der Waals surface area contributed by atoms with Gasteiger partial charge in [-0.15, -0.1) is 11.3 Å². The van der Waals surface area contributed by atoms with Crippen molar-refractivity contribution in [1.82, 2.24) is 24.9 Å². The van der Waals surface area contributed by atoms with Crippen molar-refractivity contribution in [3.05, 3.63) is 34.5 Å². The Labute approximate surface area is 169 Å². The van der Waals surface area contributed by atoms with E-state index in [1.54, 1.807) is 44.6 Å². The lowest BCUT2D eigenvalue weighted by molar-refractivity contribution is -0.139. The molecule has 0 spiro atoms. The summed E-state index contributed by atoms with van der Waals surface area (Å²) < 4.78 is 6.59. The Morgan fingerprint density at radius 2 is 2.21 bits per heavy atom. The molecule has 0 aliphatic heterocycles. The van der Waals surface area contributed by atoms with Gasteiger partial charge >= 0.3 is 12.1 Å². The minimum Gasteiger partial charge on any atom is -0.480 e. The molecule has 0 radical (unpaired) electrons. The molecule has 11 heteroatoms. The second-order valence-corrected chi connectivity index (χ2v) is 8.10. The van der Waals surface area contributed by atoms with Gasteiger partial charge in [-0.1, -0.05) is 0 Å². The van der Waals surface area contributed by atoms with Gasteiger partial charge in [-0.05, 0) is 20.8 Å². The molecular formula is C18H18N6O4S. The number of aliphatic carboxylic acids is 1.